The maximum Gasteiger partial charge on any atom is 0.129 e. The molecule has 2 aromatic rings. The van der Waals surface area contributed by atoms with Crippen LogP contribution < -0.4 is 5.32 Å². The van der Waals surface area contributed by atoms with Gasteiger partial charge in [0.2, 0.25) is 0 Å². The fourth-order valence-corrected chi connectivity index (χ4v) is 1.82. The first kappa shape index (κ1) is 12.2. The maximum atomic E-state index is 13.5. The number of rotatable bonds is 3. The Morgan fingerprint density at radius 1 is 1.06 bits per heavy atom. The van der Waals surface area contributed by atoms with Gasteiger partial charge in [-0.15, -0.1) is 0 Å². The van der Waals surface area contributed by atoms with Crippen LogP contribution in [0.4, 0.5) is 10.1 Å². The van der Waals surface area contributed by atoms with Crippen LogP contribution in [-0.2, 0) is 6.54 Å². The molecular weight excluding hydrogens is 260 g/mol. The molecule has 4 heteroatoms. The molecule has 0 bridgehead atoms. The van der Waals surface area contributed by atoms with Crippen LogP contribution >= 0.6 is 23.2 Å². The lowest BCUT2D eigenvalue weighted by atomic mass is 10.2. The number of hydrogen-bond acceptors (Lipinski definition) is 1. The van der Waals surface area contributed by atoms with Gasteiger partial charge in [-0.25, -0.2) is 4.39 Å². The summed E-state index contributed by atoms with van der Waals surface area (Å²) >= 11 is 11.7. The average molecular weight is 270 g/mol. The highest BCUT2D eigenvalue weighted by atomic mass is 35.5. The van der Waals surface area contributed by atoms with E-state index in [0.717, 1.165) is 5.69 Å². The first-order chi connectivity index (χ1) is 8.16. The summed E-state index contributed by atoms with van der Waals surface area (Å²) in [4.78, 5) is 0. The normalized spacial score (nSPS) is 10.3. The Kier molecular flexibility index (Phi) is 3.87. The smallest absolute Gasteiger partial charge is 0.129 e. The van der Waals surface area contributed by atoms with E-state index in [-0.39, 0.29) is 5.82 Å². The third-order valence-corrected chi connectivity index (χ3v) is 2.92. The number of halogens is 3. The fourth-order valence-electron chi connectivity index (χ4n) is 1.46. The fraction of sp³-hybridized carbons (Fsp3) is 0.0769. The van der Waals surface area contributed by atoms with Crippen LogP contribution in [0, 0.1) is 5.82 Å². The van der Waals surface area contributed by atoms with E-state index in [4.69, 9.17) is 23.2 Å². The van der Waals surface area contributed by atoms with Crippen LogP contribution in [0.25, 0.3) is 0 Å². The van der Waals surface area contributed by atoms with Gasteiger partial charge in [-0.3, -0.25) is 0 Å². The zero-order chi connectivity index (χ0) is 12.3. The second kappa shape index (κ2) is 5.39. The minimum absolute atomic E-state index is 0.322. The van der Waals surface area contributed by atoms with Gasteiger partial charge >= 0.3 is 0 Å². The molecule has 0 unspecified atom stereocenters. The van der Waals surface area contributed by atoms with E-state index >= 15 is 0 Å². The molecule has 0 atom stereocenters. The second-order valence-corrected chi connectivity index (χ2v) is 4.41. The molecule has 88 valence electrons. The van der Waals surface area contributed by atoms with Gasteiger partial charge in [-0.05, 0) is 24.3 Å². The molecule has 0 aromatic heterocycles. The Morgan fingerprint density at radius 2 is 1.82 bits per heavy atom. The van der Waals surface area contributed by atoms with Crippen LogP contribution in [0.2, 0.25) is 10.0 Å². The molecule has 2 aromatic carbocycles. The van der Waals surface area contributed by atoms with Crippen LogP contribution in [-0.4, -0.2) is 0 Å². The molecule has 0 heterocycles. The Hall–Kier alpha value is -1.25. The summed E-state index contributed by atoms with van der Waals surface area (Å²) in [5.41, 5.74) is 1.33. The van der Waals surface area contributed by atoms with Gasteiger partial charge < -0.3 is 5.32 Å². The molecule has 0 amide bonds. The summed E-state index contributed by atoms with van der Waals surface area (Å²) in [6, 6.07) is 11.9. The van der Waals surface area contributed by atoms with Crippen molar-refractivity contribution >= 4 is 28.9 Å². The predicted molar refractivity (Wildman–Crippen MR) is 70.2 cm³/mol. The summed E-state index contributed by atoms with van der Waals surface area (Å²) in [5, 5.41) is 4.08. The van der Waals surface area contributed by atoms with Gasteiger partial charge in [-0.1, -0.05) is 41.4 Å². The lowest BCUT2D eigenvalue weighted by molar-refractivity contribution is 0.613. The largest absolute Gasteiger partial charge is 0.380 e. The van der Waals surface area contributed by atoms with Gasteiger partial charge in [0.25, 0.3) is 0 Å². The van der Waals surface area contributed by atoms with Crippen LogP contribution in [0.3, 0.4) is 0 Å². The highest BCUT2D eigenvalue weighted by molar-refractivity contribution is 6.33. The standard InChI is InChI=1S/C13H10Cl2FN/c14-10-6-5-9(12(16)7-10)8-17-13-4-2-1-3-11(13)15/h1-7,17H,8H2. The van der Waals surface area contributed by atoms with Crippen LogP contribution in [0.1, 0.15) is 5.56 Å². The van der Waals surface area contributed by atoms with E-state index < -0.39 is 0 Å². The van der Waals surface area contributed by atoms with Crippen molar-refractivity contribution in [2.45, 2.75) is 6.54 Å². The van der Waals surface area contributed by atoms with E-state index in [1.807, 2.05) is 18.2 Å². The number of anilines is 1. The molecule has 1 nitrogen and oxygen atoms in total. The van der Waals surface area contributed by atoms with Gasteiger partial charge in [0.1, 0.15) is 5.82 Å². The minimum Gasteiger partial charge on any atom is -0.380 e. The molecular formula is C13H10Cl2FN. The average Bonchev–Trinajstić information content (AvgIpc) is 2.30. The first-order valence-electron chi connectivity index (χ1n) is 5.09. The van der Waals surface area contributed by atoms with Crippen molar-refractivity contribution in [2.24, 2.45) is 0 Å². The first-order valence-corrected chi connectivity index (χ1v) is 5.85. The van der Waals surface area contributed by atoms with E-state index in [1.54, 1.807) is 18.2 Å². The zero-order valence-electron chi connectivity index (χ0n) is 8.88. The number of benzene rings is 2. The van der Waals surface area contributed by atoms with E-state index in [2.05, 4.69) is 5.32 Å². The molecule has 1 N–H and O–H groups in total. The van der Waals surface area contributed by atoms with Crippen molar-refractivity contribution in [1.29, 1.82) is 0 Å². The summed E-state index contributed by atoms with van der Waals surface area (Å²) in [6.07, 6.45) is 0. The molecule has 2 rings (SSSR count). The SMILES string of the molecule is Fc1cc(Cl)ccc1CNc1ccccc1Cl. The predicted octanol–water partition coefficient (Wildman–Crippen LogP) is 4.74. The molecule has 17 heavy (non-hydrogen) atoms. The molecule has 0 aliphatic carbocycles. The Labute approximate surface area is 109 Å². The lowest BCUT2D eigenvalue weighted by Crippen LogP contribution is -2.02. The topological polar surface area (TPSA) is 12.0 Å². The van der Waals surface area contributed by atoms with Gasteiger partial charge in [-0.2, -0.15) is 0 Å². The summed E-state index contributed by atoms with van der Waals surface area (Å²) in [7, 11) is 0. The van der Waals surface area contributed by atoms with E-state index in [9.17, 15) is 4.39 Å². The summed E-state index contributed by atoms with van der Waals surface area (Å²) in [5.74, 6) is -0.322. The number of hydrogen-bond donors (Lipinski definition) is 1. The molecule has 0 fully saturated rings. The third kappa shape index (κ3) is 3.11. The van der Waals surface area contributed by atoms with Gasteiger partial charge in [0.05, 0.1) is 10.7 Å². The van der Waals surface area contributed by atoms with Crippen LogP contribution in [0.5, 0.6) is 0 Å². The van der Waals surface area contributed by atoms with Crippen molar-refractivity contribution in [3.63, 3.8) is 0 Å². The minimum atomic E-state index is -0.322. The van der Waals surface area contributed by atoms with Crippen molar-refractivity contribution in [3.8, 4) is 0 Å². The summed E-state index contributed by atoms with van der Waals surface area (Å²) in [6.45, 7) is 0.368. The van der Waals surface area contributed by atoms with Crippen molar-refractivity contribution < 1.29 is 4.39 Å². The molecule has 0 radical (unpaired) electrons. The summed E-state index contributed by atoms with van der Waals surface area (Å²) < 4.78 is 13.5. The Morgan fingerprint density at radius 3 is 2.53 bits per heavy atom. The highest BCUT2D eigenvalue weighted by Gasteiger charge is 2.04. The number of para-hydroxylation sites is 1. The van der Waals surface area contributed by atoms with E-state index in [0.29, 0.717) is 22.2 Å². The van der Waals surface area contributed by atoms with E-state index in [1.165, 1.54) is 6.07 Å². The Balaban J connectivity index is 2.10. The lowest BCUT2D eigenvalue weighted by Gasteiger charge is -2.09. The van der Waals surface area contributed by atoms with Gasteiger partial charge in [0.15, 0.2) is 0 Å². The van der Waals surface area contributed by atoms with Crippen molar-refractivity contribution in [2.75, 3.05) is 5.32 Å². The van der Waals surface area contributed by atoms with Crippen molar-refractivity contribution in [1.82, 2.24) is 0 Å². The second-order valence-electron chi connectivity index (χ2n) is 3.57. The van der Waals surface area contributed by atoms with Crippen molar-refractivity contribution in [3.05, 3.63) is 63.9 Å². The Bertz CT molecular complexity index is 529. The molecule has 0 saturated carbocycles. The van der Waals surface area contributed by atoms with Gasteiger partial charge in [0, 0.05) is 17.1 Å². The number of nitrogens with one attached hydrogen (secondary N) is 1. The quantitative estimate of drug-likeness (QED) is 0.849. The van der Waals surface area contributed by atoms with Crippen LogP contribution in [0.15, 0.2) is 42.5 Å². The highest BCUT2D eigenvalue weighted by Crippen LogP contribution is 2.22. The molecule has 0 saturated heterocycles. The zero-order valence-corrected chi connectivity index (χ0v) is 10.4. The molecule has 0 spiro atoms. The molecule has 0 aliphatic heterocycles. The monoisotopic (exact) mass is 269 g/mol. The maximum absolute atomic E-state index is 13.5. The third-order valence-electron chi connectivity index (χ3n) is 2.36. The molecule has 0 aliphatic rings.